The summed E-state index contributed by atoms with van der Waals surface area (Å²) in [4.78, 5) is 23.9. The van der Waals surface area contributed by atoms with Gasteiger partial charge in [0.05, 0.1) is 23.0 Å². The number of hydrogen-bond donors (Lipinski definition) is 0. The molecule has 0 saturated carbocycles. The molecule has 2 aromatic rings. The summed E-state index contributed by atoms with van der Waals surface area (Å²) in [6.07, 6.45) is 3.72. The zero-order valence-corrected chi connectivity index (χ0v) is 14.5. The Kier molecular flexibility index (Phi) is 4.30. The Morgan fingerprint density at radius 2 is 1.87 bits per heavy atom. The molecule has 4 nitrogen and oxygen atoms in total. The first-order chi connectivity index (χ1) is 10.9. The molecular weight excluding hydrogens is 335 g/mol. The Bertz CT molecular complexity index is 797. The van der Waals surface area contributed by atoms with Gasteiger partial charge in [-0.25, -0.2) is 9.13 Å². The Labute approximate surface area is 144 Å². The first-order valence-corrected chi connectivity index (χ1v) is 8.25. The summed E-state index contributed by atoms with van der Waals surface area (Å²) in [5, 5.41) is 0.987. The predicted octanol–water partition coefficient (Wildman–Crippen LogP) is 3.41. The van der Waals surface area contributed by atoms with Crippen LogP contribution in [0.5, 0.6) is 0 Å². The van der Waals surface area contributed by atoms with Crippen molar-refractivity contribution in [2.45, 2.75) is 39.3 Å². The largest absolute Gasteiger partial charge is 0.295 e. The third-order valence-corrected chi connectivity index (χ3v) is 4.95. The maximum atomic E-state index is 11.9. The topological polar surface area (TPSA) is 43.0 Å². The molecule has 0 unspecified atom stereocenters. The number of fused-ring (bicyclic) bond motifs is 1. The molecule has 0 radical (unpaired) electrons. The minimum absolute atomic E-state index is 0.150. The highest BCUT2D eigenvalue weighted by Gasteiger charge is 2.36. The molecule has 0 atom stereocenters. The molecule has 0 bridgehead atoms. The van der Waals surface area contributed by atoms with Crippen molar-refractivity contribution >= 4 is 34.8 Å². The fraction of sp³-hybridized carbons (Fsp3) is 0.353. The van der Waals surface area contributed by atoms with E-state index in [4.69, 9.17) is 23.2 Å². The van der Waals surface area contributed by atoms with Gasteiger partial charge in [0, 0.05) is 5.56 Å². The second-order valence-corrected chi connectivity index (χ2v) is 6.66. The van der Waals surface area contributed by atoms with Gasteiger partial charge < -0.3 is 0 Å². The smallest absolute Gasteiger partial charge is 0.258 e. The molecular formula is C17H17Cl2N2O2+. The SMILES string of the molecule is CC(=O)C(C(C)=O)[n+]1cc(-c2ccc(Cl)c(Cl)c2)n2c1CCC2. The first kappa shape index (κ1) is 16.2. The normalized spacial score (nSPS) is 13.4. The van der Waals surface area contributed by atoms with Crippen LogP contribution in [0.3, 0.4) is 0 Å². The van der Waals surface area contributed by atoms with Crippen LogP contribution in [-0.4, -0.2) is 16.1 Å². The molecule has 0 spiro atoms. The van der Waals surface area contributed by atoms with Crippen molar-refractivity contribution < 1.29 is 14.2 Å². The molecule has 23 heavy (non-hydrogen) atoms. The van der Waals surface area contributed by atoms with Gasteiger partial charge >= 0.3 is 0 Å². The number of imidazole rings is 1. The van der Waals surface area contributed by atoms with E-state index in [-0.39, 0.29) is 11.6 Å². The van der Waals surface area contributed by atoms with Gasteiger partial charge in [0.25, 0.3) is 5.82 Å². The summed E-state index contributed by atoms with van der Waals surface area (Å²) in [5.74, 6) is 0.702. The van der Waals surface area contributed by atoms with Crippen molar-refractivity contribution in [1.82, 2.24) is 4.57 Å². The molecule has 1 aliphatic heterocycles. The van der Waals surface area contributed by atoms with Gasteiger partial charge in [-0.2, -0.15) is 0 Å². The maximum absolute atomic E-state index is 11.9. The minimum atomic E-state index is -0.758. The van der Waals surface area contributed by atoms with Crippen LogP contribution in [0.15, 0.2) is 24.4 Å². The lowest BCUT2D eigenvalue weighted by Gasteiger charge is -2.07. The molecule has 6 heteroatoms. The van der Waals surface area contributed by atoms with Gasteiger partial charge in [-0.3, -0.25) is 9.59 Å². The molecule has 1 aliphatic rings. The highest BCUT2D eigenvalue weighted by molar-refractivity contribution is 6.42. The van der Waals surface area contributed by atoms with Gasteiger partial charge in [-0.15, -0.1) is 0 Å². The average molecular weight is 352 g/mol. The van der Waals surface area contributed by atoms with Crippen LogP contribution in [0.25, 0.3) is 11.3 Å². The minimum Gasteiger partial charge on any atom is -0.295 e. The predicted molar refractivity (Wildman–Crippen MR) is 88.8 cm³/mol. The third kappa shape index (κ3) is 2.81. The molecule has 3 rings (SSSR count). The van der Waals surface area contributed by atoms with E-state index in [1.54, 1.807) is 6.07 Å². The number of aromatic nitrogens is 2. The maximum Gasteiger partial charge on any atom is 0.258 e. The van der Waals surface area contributed by atoms with Crippen molar-refractivity contribution in [1.29, 1.82) is 0 Å². The van der Waals surface area contributed by atoms with Crippen LogP contribution >= 0.6 is 23.2 Å². The van der Waals surface area contributed by atoms with E-state index in [0.717, 1.165) is 36.5 Å². The summed E-state index contributed by atoms with van der Waals surface area (Å²) >= 11 is 12.1. The monoisotopic (exact) mass is 351 g/mol. The Balaban J connectivity index is 2.17. The number of hydrogen-bond acceptors (Lipinski definition) is 2. The molecule has 0 amide bonds. The van der Waals surface area contributed by atoms with Crippen LogP contribution in [-0.2, 0) is 22.6 Å². The molecule has 0 aliphatic carbocycles. The van der Waals surface area contributed by atoms with Gasteiger partial charge in [0.1, 0.15) is 6.20 Å². The summed E-state index contributed by atoms with van der Waals surface area (Å²) in [6.45, 7) is 3.77. The van der Waals surface area contributed by atoms with Gasteiger partial charge in [-0.05, 0) is 38.5 Å². The molecule has 0 N–H and O–H groups in total. The second-order valence-electron chi connectivity index (χ2n) is 5.85. The first-order valence-electron chi connectivity index (χ1n) is 7.50. The van der Waals surface area contributed by atoms with Crippen molar-refractivity contribution in [3.63, 3.8) is 0 Å². The van der Waals surface area contributed by atoms with Crippen LogP contribution in [0.2, 0.25) is 10.0 Å². The summed E-state index contributed by atoms with van der Waals surface area (Å²) in [7, 11) is 0. The number of benzene rings is 1. The van der Waals surface area contributed by atoms with Gasteiger partial charge in [-0.1, -0.05) is 23.2 Å². The number of rotatable bonds is 4. The average Bonchev–Trinajstić information content (AvgIpc) is 3.05. The van der Waals surface area contributed by atoms with Gasteiger partial charge in [0.2, 0.25) is 6.04 Å². The van der Waals surface area contributed by atoms with Crippen molar-refractivity contribution in [2.24, 2.45) is 0 Å². The Morgan fingerprint density at radius 3 is 2.48 bits per heavy atom. The van der Waals surface area contributed by atoms with Gasteiger partial charge in [0.15, 0.2) is 17.3 Å². The second kappa shape index (κ2) is 6.10. The lowest BCUT2D eigenvalue weighted by molar-refractivity contribution is -0.701. The number of nitrogens with zero attached hydrogens (tertiary/aromatic N) is 2. The number of Topliss-reactive ketones (excluding diaryl/α,β-unsaturated/α-hetero) is 2. The van der Waals surface area contributed by atoms with E-state index in [2.05, 4.69) is 4.57 Å². The summed E-state index contributed by atoms with van der Waals surface area (Å²) in [6, 6.07) is 4.71. The van der Waals surface area contributed by atoms with Crippen LogP contribution in [0, 0.1) is 0 Å². The van der Waals surface area contributed by atoms with Crippen molar-refractivity contribution in [3.8, 4) is 11.3 Å². The van der Waals surface area contributed by atoms with E-state index in [1.807, 2.05) is 22.9 Å². The third-order valence-electron chi connectivity index (χ3n) is 4.21. The lowest BCUT2D eigenvalue weighted by atomic mass is 10.1. The van der Waals surface area contributed by atoms with E-state index in [1.165, 1.54) is 13.8 Å². The van der Waals surface area contributed by atoms with E-state index >= 15 is 0 Å². The fourth-order valence-electron chi connectivity index (χ4n) is 3.25. The Hall–Kier alpha value is -1.65. The highest BCUT2D eigenvalue weighted by atomic mass is 35.5. The van der Waals surface area contributed by atoms with Crippen molar-refractivity contribution in [2.75, 3.05) is 0 Å². The standard InChI is InChI=1S/C17H17Cl2N2O2/c1-10(22)17(11(2)23)21-9-15(20-7-3-4-16(20)21)12-5-6-13(18)14(19)8-12/h5-6,8-9,17H,3-4,7H2,1-2H3/q+1. The van der Waals surface area contributed by atoms with E-state index in [9.17, 15) is 9.59 Å². The number of carbonyl (C=O) groups excluding carboxylic acids is 2. The molecule has 1 aromatic carbocycles. The number of halogens is 2. The molecule has 120 valence electrons. The molecule has 1 aromatic heterocycles. The summed E-state index contributed by atoms with van der Waals surface area (Å²) < 4.78 is 3.97. The van der Waals surface area contributed by atoms with Crippen LogP contribution in [0.4, 0.5) is 0 Å². The van der Waals surface area contributed by atoms with E-state index in [0.29, 0.717) is 10.0 Å². The van der Waals surface area contributed by atoms with Crippen LogP contribution in [0.1, 0.15) is 32.1 Å². The molecule has 2 heterocycles. The summed E-state index contributed by atoms with van der Waals surface area (Å²) in [5.41, 5.74) is 1.87. The molecule has 0 fully saturated rings. The molecule has 0 saturated heterocycles. The highest BCUT2D eigenvalue weighted by Crippen LogP contribution is 2.31. The van der Waals surface area contributed by atoms with E-state index < -0.39 is 6.04 Å². The zero-order valence-electron chi connectivity index (χ0n) is 13.0. The fourth-order valence-corrected chi connectivity index (χ4v) is 3.55. The van der Waals surface area contributed by atoms with Crippen molar-refractivity contribution in [3.05, 3.63) is 40.3 Å². The zero-order chi connectivity index (χ0) is 16.7. The number of carbonyl (C=O) groups is 2. The quantitative estimate of drug-likeness (QED) is 0.625. The van der Waals surface area contributed by atoms with Crippen LogP contribution < -0.4 is 4.57 Å². The number of ketones is 2. The Morgan fingerprint density at radius 1 is 1.17 bits per heavy atom. The lowest BCUT2D eigenvalue weighted by Crippen LogP contribution is -2.48.